The van der Waals surface area contributed by atoms with Crippen LogP contribution in [0.1, 0.15) is 26.7 Å². The highest BCUT2D eigenvalue weighted by Gasteiger charge is 2.41. The van der Waals surface area contributed by atoms with Crippen LogP contribution in [0.25, 0.3) is 0 Å². The van der Waals surface area contributed by atoms with Gasteiger partial charge in [0.2, 0.25) is 0 Å². The average molecular weight is 338 g/mol. The van der Waals surface area contributed by atoms with E-state index < -0.39 is 8.07 Å². The lowest BCUT2D eigenvalue weighted by Gasteiger charge is -2.41. The van der Waals surface area contributed by atoms with Crippen molar-refractivity contribution in [1.82, 2.24) is 4.90 Å². The number of hydrogen-bond acceptors (Lipinski definition) is 1. The van der Waals surface area contributed by atoms with Gasteiger partial charge in [0.25, 0.3) is 0 Å². The molecule has 1 saturated heterocycles. The fourth-order valence-electron chi connectivity index (χ4n) is 4.60. The van der Waals surface area contributed by atoms with Gasteiger partial charge >= 0.3 is 0 Å². The van der Waals surface area contributed by atoms with Crippen molar-refractivity contribution in [2.75, 3.05) is 19.6 Å². The Hall–Kier alpha value is -1.38. The summed E-state index contributed by atoms with van der Waals surface area (Å²) in [6.45, 7) is 8.23. The molecular formula is C22H31NSi. The molecule has 3 rings (SSSR count). The molecule has 1 nitrogen and oxygen atoms in total. The predicted octanol–water partition coefficient (Wildman–Crippen LogP) is 4.00. The number of hydrogen-bond donors (Lipinski definition) is 0. The van der Waals surface area contributed by atoms with Gasteiger partial charge in [-0.3, -0.25) is 0 Å². The molecule has 0 unspecified atom stereocenters. The van der Waals surface area contributed by atoms with Crippen LogP contribution in [0.15, 0.2) is 60.7 Å². The molecule has 0 amide bonds. The molecule has 1 fully saturated rings. The zero-order chi connectivity index (χ0) is 16.8. The van der Waals surface area contributed by atoms with Crippen LogP contribution in [0, 0.1) is 5.92 Å². The van der Waals surface area contributed by atoms with E-state index in [4.69, 9.17) is 0 Å². The fraction of sp³-hybridized carbons (Fsp3) is 0.455. The third-order valence-electron chi connectivity index (χ3n) is 5.92. The van der Waals surface area contributed by atoms with Crippen molar-refractivity contribution in [3.05, 3.63) is 60.7 Å². The molecule has 1 aliphatic rings. The first-order valence-corrected chi connectivity index (χ1v) is 12.0. The topological polar surface area (TPSA) is 3.24 Å². The second-order valence-corrected chi connectivity index (χ2v) is 11.5. The molecule has 0 radical (unpaired) electrons. The summed E-state index contributed by atoms with van der Waals surface area (Å²) in [7, 11) is -1.62. The molecule has 1 aliphatic heterocycles. The first-order valence-electron chi connectivity index (χ1n) is 9.62. The molecule has 1 heterocycles. The zero-order valence-corrected chi connectivity index (χ0v) is 16.2. The molecular weight excluding hydrogens is 306 g/mol. The Balaban J connectivity index is 1.94. The van der Waals surface area contributed by atoms with Gasteiger partial charge in [-0.05, 0) is 37.5 Å². The van der Waals surface area contributed by atoms with E-state index in [9.17, 15) is 0 Å². The smallest absolute Gasteiger partial charge is 0.118 e. The van der Waals surface area contributed by atoms with Gasteiger partial charge in [0.15, 0.2) is 0 Å². The molecule has 2 aromatic carbocycles. The minimum absolute atomic E-state index is 0.853. The molecule has 128 valence electrons. The second-order valence-electron chi connectivity index (χ2n) is 7.26. The van der Waals surface area contributed by atoms with Gasteiger partial charge < -0.3 is 4.90 Å². The van der Waals surface area contributed by atoms with Crippen LogP contribution in [-0.2, 0) is 0 Å². The Bertz CT molecular complexity index is 567. The number of nitrogens with zero attached hydrogens (tertiary/aromatic N) is 1. The highest BCUT2D eigenvalue weighted by Crippen LogP contribution is 2.33. The first kappa shape index (κ1) is 17.4. The standard InChI is InChI=1S/C22H31NSi/c1-3-23(4-2)18-20-12-11-17-24(19-20,21-13-7-5-8-14-21)22-15-9-6-10-16-22/h5-10,13-16,20H,3-4,11-12,17-19H2,1-2H3/t20-/m0/s1. The minimum Gasteiger partial charge on any atom is -0.304 e. The van der Waals surface area contributed by atoms with Crippen LogP contribution in [-0.4, -0.2) is 32.6 Å². The Kier molecular flexibility index (Phi) is 5.91. The van der Waals surface area contributed by atoms with E-state index in [0.717, 1.165) is 5.92 Å². The van der Waals surface area contributed by atoms with E-state index >= 15 is 0 Å². The van der Waals surface area contributed by atoms with Crippen molar-refractivity contribution in [3.63, 3.8) is 0 Å². The summed E-state index contributed by atoms with van der Waals surface area (Å²) in [4.78, 5) is 2.62. The predicted molar refractivity (Wildman–Crippen MR) is 108 cm³/mol. The molecule has 0 spiro atoms. The Morgan fingerprint density at radius 1 is 0.875 bits per heavy atom. The van der Waals surface area contributed by atoms with Gasteiger partial charge in [0, 0.05) is 6.54 Å². The Morgan fingerprint density at radius 2 is 1.42 bits per heavy atom. The maximum absolute atomic E-state index is 2.62. The van der Waals surface area contributed by atoms with E-state index in [1.165, 1.54) is 44.6 Å². The van der Waals surface area contributed by atoms with E-state index in [0.29, 0.717) is 0 Å². The lowest BCUT2D eigenvalue weighted by atomic mass is 10.0. The number of rotatable bonds is 6. The summed E-state index contributed by atoms with van der Waals surface area (Å²) >= 11 is 0. The maximum Gasteiger partial charge on any atom is 0.118 e. The van der Waals surface area contributed by atoms with Crippen molar-refractivity contribution in [2.24, 2.45) is 5.92 Å². The molecule has 0 N–H and O–H groups in total. The van der Waals surface area contributed by atoms with Crippen molar-refractivity contribution in [2.45, 2.75) is 38.8 Å². The van der Waals surface area contributed by atoms with E-state index in [-0.39, 0.29) is 0 Å². The van der Waals surface area contributed by atoms with Crippen LogP contribution >= 0.6 is 0 Å². The average Bonchev–Trinajstić information content (AvgIpc) is 2.67. The summed E-state index contributed by atoms with van der Waals surface area (Å²) < 4.78 is 0. The van der Waals surface area contributed by atoms with Gasteiger partial charge in [-0.25, -0.2) is 0 Å². The van der Waals surface area contributed by atoms with Gasteiger partial charge in [0.05, 0.1) is 0 Å². The lowest BCUT2D eigenvalue weighted by molar-refractivity contribution is 0.249. The van der Waals surface area contributed by atoms with Crippen molar-refractivity contribution in [1.29, 1.82) is 0 Å². The molecule has 0 aliphatic carbocycles. The third-order valence-corrected chi connectivity index (χ3v) is 11.3. The number of benzene rings is 2. The molecule has 0 saturated carbocycles. The summed E-state index contributed by atoms with van der Waals surface area (Å²) in [5, 5.41) is 3.28. The molecule has 2 heteroatoms. The van der Waals surface area contributed by atoms with Crippen LogP contribution in [0.2, 0.25) is 12.1 Å². The SMILES string of the molecule is CCN(CC)C[C@@H]1CCC[Si](c2ccccc2)(c2ccccc2)C1. The Labute approximate surface area is 148 Å². The van der Waals surface area contributed by atoms with Crippen LogP contribution in [0.5, 0.6) is 0 Å². The highest BCUT2D eigenvalue weighted by atomic mass is 28.3. The molecule has 0 bridgehead atoms. The third kappa shape index (κ3) is 3.65. The second kappa shape index (κ2) is 8.13. The summed E-state index contributed by atoms with van der Waals surface area (Å²) in [6, 6.07) is 25.7. The zero-order valence-electron chi connectivity index (χ0n) is 15.2. The summed E-state index contributed by atoms with van der Waals surface area (Å²) in [5.41, 5.74) is 0. The normalized spacial score (nSPS) is 20.2. The minimum atomic E-state index is -1.62. The molecule has 1 atom stereocenters. The summed E-state index contributed by atoms with van der Waals surface area (Å²) in [6.07, 6.45) is 2.80. The van der Waals surface area contributed by atoms with E-state index in [1.54, 1.807) is 10.4 Å². The maximum atomic E-state index is 2.62. The van der Waals surface area contributed by atoms with Gasteiger partial charge in [-0.1, -0.05) is 91.3 Å². The van der Waals surface area contributed by atoms with Gasteiger partial charge in [-0.2, -0.15) is 0 Å². The summed E-state index contributed by atoms with van der Waals surface area (Å²) in [5.74, 6) is 0.853. The van der Waals surface area contributed by atoms with E-state index in [1.807, 2.05) is 0 Å². The van der Waals surface area contributed by atoms with Gasteiger partial charge in [0.1, 0.15) is 8.07 Å². The van der Waals surface area contributed by atoms with Crippen LogP contribution in [0.4, 0.5) is 0 Å². The molecule has 2 aromatic rings. The fourth-order valence-corrected chi connectivity index (χ4v) is 9.97. The van der Waals surface area contributed by atoms with Crippen LogP contribution < -0.4 is 10.4 Å². The first-order chi connectivity index (χ1) is 11.8. The van der Waals surface area contributed by atoms with Gasteiger partial charge in [-0.15, -0.1) is 0 Å². The lowest BCUT2D eigenvalue weighted by Crippen LogP contribution is -2.61. The van der Waals surface area contributed by atoms with Crippen LogP contribution in [0.3, 0.4) is 0 Å². The quantitative estimate of drug-likeness (QED) is 0.720. The Morgan fingerprint density at radius 3 is 1.92 bits per heavy atom. The van der Waals surface area contributed by atoms with Crippen molar-refractivity contribution >= 4 is 18.4 Å². The molecule has 0 aromatic heterocycles. The largest absolute Gasteiger partial charge is 0.304 e. The van der Waals surface area contributed by atoms with Crippen molar-refractivity contribution < 1.29 is 0 Å². The van der Waals surface area contributed by atoms with Crippen molar-refractivity contribution in [3.8, 4) is 0 Å². The highest BCUT2D eigenvalue weighted by molar-refractivity contribution is 7.02. The van der Waals surface area contributed by atoms with E-state index in [2.05, 4.69) is 79.4 Å². The molecule has 24 heavy (non-hydrogen) atoms. The monoisotopic (exact) mass is 337 g/mol.